The summed E-state index contributed by atoms with van der Waals surface area (Å²) in [6.07, 6.45) is 4.93. The van der Waals surface area contributed by atoms with Gasteiger partial charge in [0.05, 0.1) is 0 Å². The molecule has 0 rings (SSSR count). The Morgan fingerprint density at radius 2 is 1.83 bits per heavy atom. The lowest BCUT2D eigenvalue weighted by atomic mass is 9.93. The average Bonchev–Trinajstić information content (AvgIpc) is 1.97. The first-order chi connectivity index (χ1) is 5.56. The molecule has 0 aromatic heterocycles. The zero-order valence-electron chi connectivity index (χ0n) is 8.59. The Morgan fingerprint density at radius 1 is 1.25 bits per heavy atom. The van der Waals surface area contributed by atoms with Crippen molar-refractivity contribution in [2.75, 3.05) is 0 Å². The quantitative estimate of drug-likeness (QED) is 0.487. The van der Waals surface area contributed by atoms with Crippen LogP contribution in [0.3, 0.4) is 0 Å². The second kappa shape index (κ2) is 6.79. The predicted octanol–water partition coefficient (Wildman–Crippen LogP) is 3.05. The predicted molar refractivity (Wildman–Crippen MR) is 59.4 cm³/mol. The van der Waals surface area contributed by atoms with Crippen LogP contribution in [-0.4, -0.2) is 5.37 Å². The molecule has 74 valence electrons. The lowest BCUT2D eigenvalue weighted by Crippen LogP contribution is -2.17. The minimum atomic E-state index is 0.0714. The Balaban J connectivity index is 3.53. The highest BCUT2D eigenvalue weighted by Gasteiger charge is 2.09. The van der Waals surface area contributed by atoms with Gasteiger partial charge in [-0.15, -0.1) is 0 Å². The Morgan fingerprint density at radius 3 is 2.17 bits per heavy atom. The maximum atomic E-state index is 5.64. The van der Waals surface area contributed by atoms with Gasteiger partial charge in [0.15, 0.2) is 0 Å². The van der Waals surface area contributed by atoms with Crippen molar-refractivity contribution in [1.82, 2.24) is 0 Å². The Bertz CT molecular complexity index is 102. The van der Waals surface area contributed by atoms with E-state index in [1.807, 2.05) is 0 Å². The van der Waals surface area contributed by atoms with Gasteiger partial charge < -0.3 is 5.73 Å². The van der Waals surface area contributed by atoms with Crippen molar-refractivity contribution in [3.8, 4) is 0 Å². The lowest BCUT2D eigenvalue weighted by Gasteiger charge is -2.17. The molecular weight excluding hydrogens is 166 g/mol. The summed E-state index contributed by atoms with van der Waals surface area (Å²) in [6, 6.07) is 0. The second-order valence-corrected chi connectivity index (χ2v) is 4.71. The van der Waals surface area contributed by atoms with Crippen LogP contribution in [0.15, 0.2) is 0 Å². The molecule has 0 saturated carbocycles. The summed E-state index contributed by atoms with van der Waals surface area (Å²) in [4.78, 5) is 0. The van der Waals surface area contributed by atoms with E-state index in [0.717, 1.165) is 18.3 Å². The van der Waals surface area contributed by atoms with E-state index in [4.69, 9.17) is 5.73 Å². The minimum Gasteiger partial charge on any atom is -0.320 e. The molecule has 0 saturated heterocycles. The molecule has 0 aliphatic rings. The van der Waals surface area contributed by atoms with Gasteiger partial charge in [0, 0.05) is 5.37 Å². The number of thiol groups is 1. The minimum absolute atomic E-state index is 0.0714. The number of hydrogen-bond donors (Lipinski definition) is 2. The molecule has 0 radical (unpaired) electrons. The van der Waals surface area contributed by atoms with Gasteiger partial charge in [-0.1, -0.05) is 40.0 Å². The van der Waals surface area contributed by atoms with E-state index in [1.165, 1.54) is 19.3 Å². The summed E-state index contributed by atoms with van der Waals surface area (Å²) in [5.74, 6) is 1.59. The molecule has 2 N–H and O–H groups in total. The first-order valence-corrected chi connectivity index (χ1v) is 5.51. The molecule has 0 amide bonds. The smallest absolute Gasteiger partial charge is 0.0480 e. The van der Waals surface area contributed by atoms with Gasteiger partial charge in [0.2, 0.25) is 0 Å². The summed E-state index contributed by atoms with van der Waals surface area (Å²) in [6.45, 7) is 6.78. The normalized spacial score (nSPS) is 16.5. The third kappa shape index (κ3) is 6.99. The van der Waals surface area contributed by atoms with Crippen LogP contribution < -0.4 is 5.73 Å². The van der Waals surface area contributed by atoms with E-state index in [1.54, 1.807) is 0 Å². The van der Waals surface area contributed by atoms with Crippen LogP contribution >= 0.6 is 12.6 Å². The Kier molecular flexibility index (Phi) is 6.96. The molecular formula is C10H23NS. The molecule has 0 spiro atoms. The van der Waals surface area contributed by atoms with Crippen molar-refractivity contribution in [3.63, 3.8) is 0 Å². The molecule has 2 atom stereocenters. The molecule has 12 heavy (non-hydrogen) atoms. The van der Waals surface area contributed by atoms with Crippen LogP contribution in [0.5, 0.6) is 0 Å². The summed E-state index contributed by atoms with van der Waals surface area (Å²) in [5, 5.41) is 0.0714. The highest BCUT2D eigenvalue weighted by atomic mass is 32.1. The average molecular weight is 189 g/mol. The van der Waals surface area contributed by atoms with E-state index in [9.17, 15) is 0 Å². The fourth-order valence-corrected chi connectivity index (χ4v) is 1.70. The van der Waals surface area contributed by atoms with Crippen LogP contribution in [0.25, 0.3) is 0 Å². The standard InChI is InChI=1S/C10H23NS/c1-4-9(7-10(11)12)6-5-8(2)3/h8-10,12H,4-7,11H2,1-3H3. The zero-order chi connectivity index (χ0) is 9.56. The topological polar surface area (TPSA) is 26.0 Å². The molecule has 0 heterocycles. The second-order valence-electron chi connectivity index (χ2n) is 4.05. The highest BCUT2D eigenvalue weighted by molar-refractivity contribution is 7.80. The zero-order valence-corrected chi connectivity index (χ0v) is 9.48. The van der Waals surface area contributed by atoms with Crippen LogP contribution in [0.2, 0.25) is 0 Å². The third-order valence-electron chi connectivity index (χ3n) is 2.30. The van der Waals surface area contributed by atoms with E-state index < -0.39 is 0 Å². The van der Waals surface area contributed by atoms with Gasteiger partial charge in [-0.25, -0.2) is 0 Å². The van der Waals surface area contributed by atoms with Gasteiger partial charge in [-0.3, -0.25) is 0 Å². The van der Waals surface area contributed by atoms with E-state index in [-0.39, 0.29) is 5.37 Å². The molecule has 2 heteroatoms. The first kappa shape index (κ1) is 12.3. The van der Waals surface area contributed by atoms with Crippen molar-refractivity contribution in [1.29, 1.82) is 0 Å². The first-order valence-electron chi connectivity index (χ1n) is 4.99. The van der Waals surface area contributed by atoms with Crippen LogP contribution in [-0.2, 0) is 0 Å². The summed E-state index contributed by atoms with van der Waals surface area (Å²) in [7, 11) is 0. The summed E-state index contributed by atoms with van der Waals surface area (Å²) >= 11 is 4.21. The number of nitrogens with two attached hydrogens (primary N) is 1. The van der Waals surface area contributed by atoms with Crippen molar-refractivity contribution in [3.05, 3.63) is 0 Å². The van der Waals surface area contributed by atoms with Crippen LogP contribution in [0, 0.1) is 11.8 Å². The molecule has 0 fully saturated rings. The number of hydrogen-bond acceptors (Lipinski definition) is 2. The monoisotopic (exact) mass is 189 g/mol. The maximum Gasteiger partial charge on any atom is 0.0480 e. The largest absolute Gasteiger partial charge is 0.320 e. The molecule has 0 aromatic rings. The highest BCUT2D eigenvalue weighted by Crippen LogP contribution is 2.20. The van der Waals surface area contributed by atoms with Gasteiger partial charge in [-0.05, 0) is 18.3 Å². The summed E-state index contributed by atoms with van der Waals surface area (Å²) < 4.78 is 0. The Labute approximate surface area is 82.5 Å². The van der Waals surface area contributed by atoms with E-state index >= 15 is 0 Å². The van der Waals surface area contributed by atoms with Gasteiger partial charge >= 0.3 is 0 Å². The molecule has 1 nitrogen and oxygen atoms in total. The van der Waals surface area contributed by atoms with E-state index in [2.05, 4.69) is 33.4 Å². The van der Waals surface area contributed by atoms with Gasteiger partial charge in [0.1, 0.15) is 0 Å². The maximum absolute atomic E-state index is 5.64. The summed E-state index contributed by atoms with van der Waals surface area (Å²) in [5.41, 5.74) is 5.64. The fourth-order valence-electron chi connectivity index (χ4n) is 1.40. The van der Waals surface area contributed by atoms with E-state index in [0.29, 0.717) is 0 Å². The molecule has 0 aliphatic heterocycles. The third-order valence-corrected chi connectivity index (χ3v) is 2.52. The molecule has 0 aromatic carbocycles. The van der Waals surface area contributed by atoms with Crippen LogP contribution in [0.4, 0.5) is 0 Å². The van der Waals surface area contributed by atoms with Crippen LogP contribution in [0.1, 0.15) is 46.5 Å². The van der Waals surface area contributed by atoms with Crippen molar-refractivity contribution in [2.24, 2.45) is 17.6 Å². The number of rotatable bonds is 6. The lowest BCUT2D eigenvalue weighted by molar-refractivity contribution is 0.389. The van der Waals surface area contributed by atoms with Gasteiger partial charge in [0.25, 0.3) is 0 Å². The fraction of sp³-hybridized carbons (Fsp3) is 1.00. The van der Waals surface area contributed by atoms with Crippen molar-refractivity contribution >= 4 is 12.6 Å². The molecule has 2 unspecified atom stereocenters. The molecule has 0 bridgehead atoms. The molecule has 0 aliphatic carbocycles. The Hall–Kier alpha value is 0.310. The SMILES string of the molecule is CCC(CCC(C)C)CC(N)S. The van der Waals surface area contributed by atoms with Gasteiger partial charge in [-0.2, -0.15) is 12.6 Å². The van der Waals surface area contributed by atoms with Crippen molar-refractivity contribution < 1.29 is 0 Å². The van der Waals surface area contributed by atoms with Crippen molar-refractivity contribution in [2.45, 2.75) is 51.8 Å².